The summed E-state index contributed by atoms with van der Waals surface area (Å²) in [5.41, 5.74) is 0. The van der Waals surface area contributed by atoms with E-state index in [0.717, 1.165) is 0 Å². The Morgan fingerprint density at radius 3 is 1.93 bits per heavy atom. The minimum atomic E-state index is -4.12. The highest BCUT2D eigenvalue weighted by Crippen LogP contribution is 2.21. The van der Waals surface area contributed by atoms with E-state index in [0.29, 0.717) is 6.26 Å². The number of halogens is 4. The minimum absolute atomic E-state index is 0.100. The van der Waals surface area contributed by atoms with E-state index in [4.69, 9.17) is 0 Å². The van der Waals surface area contributed by atoms with Gasteiger partial charge in [-0.25, -0.2) is 26.0 Å². The molecule has 2 nitrogen and oxygen atoms in total. The molecule has 0 N–H and O–H groups in total. The van der Waals surface area contributed by atoms with Gasteiger partial charge in [0.1, 0.15) is 4.90 Å². The van der Waals surface area contributed by atoms with E-state index in [2.05, 4.69) is 0 Å². The maximum Gasteiger partial charge on any atom is 0.198 e. The summed E-state index contributed by atoms with van der Waals surface area (Å²) in [5, 5.41) is 0. The molecule has 0 fully saturated rings. The van der Waals surface area contributed by atoms with Crippen LogP contribution in [0.15, 0.2) is 11.0 Å². The first kappa shape index (κ1) is 11.0. The molecule has 1 rings (SSSR count). The molecule has 78 valence electrons. The molecule has 7 heteroatoms. The molecule has 14 heavy (non-hydrogen) atoms. The topological polar surface area (TPSA) is 34.1 Å². The Bertz CT molecular complexity index is 481. The number of hydrogen-bond donors (Lipinski definition) is 0. The zero-order valence-electron chi connectivity index (χ0n) is 6.81. The van der Waals surface area contributed by atoms with Crippen molar-refractivity contribution in [1.29, 1.82) is 0 Å². The summed E-state index contributed by atoms with van der Waals surface area (Å²) in [5.74, 6) is -7.82. The summed E-state index contributed by atoms with van der Waals surface area (Å²) < 4.78 is 71.7. The molecule has 0 aromatic heterocycles. The monoisotopic (exact) mass is 228 g/mol. The van der Waals surface area contributed by atoms with Crippen LogP contribution < -0.4 is 0 Å². The highest BCUT2D eigenvalue weighted by atomic mass is 32.2. The molecule has 0 saturated carbocycles. The maximum atomic E-state index is 12.8. The Kier molecular flexibility index (Phi) is 2.53. The quantitative estimate of drug-likeness (QED) is 0.317. The van der Waals surface area contributed by atoms with Crippen LogP contribution in [0.2, 0.25) is 0 Å². The first-order valence-corrected chi connectivity index (χ1v) is 5.17. The second kappa shape index (κ2) is 3.23. The van der Waals surface area contributed by atoms with Gasteiger partial charge in [0.2, 0.25) is 0 Å². The summed E-state index contributed by atoms with van der Waals surface area (Å²) in [6.07, 6.45) is 0.558. The van der Waals surface area contributed by atoms with Crippen LogP contribution in [0.25, 0.3) is 0 Å². The standard InChI is InChI=1S/C7H4F4O2S/c1-14(12,13)4-2-3(8)5(9)7(11)6(4)10/h2H,1H3. The van der Waals surface area contributed by atoms with E-state index in [1.807, 2.05) is 0 Å². The third-order valence-corrected chi connectivity index (χ3v) is 2.56. The summed E-state index contributed by atoms with van der Waals surface area (Å²) in [6.45, 7) is 0. The van der Waals surface area contributed by atoms with Crippen LogP contribution in [-0.4, -0.2) is 14.7 Å². The molecule has 0 bridgehead atoms. The van der Waals surface area contributed by atoms with Crippen molar-refractivity contribution in [2.24, 2.45) is 0 Å². The molecule has 0 saturated heterocycles. The van der Waals surface area contributed by atoms with Gasteiger partial charge < -0.3 is 0 Å². The van der Waals surface area contributed by atoms with Crippen LogP contribution in [0.5, 0.6) is 0 Å². The van der Waals surface area contributed by atoms with Gasteiger partial charge in [-0.3, -0.25) is 0 Å². The molecular weight excluding hydrogens is 224 g/mol. The van der Waals surface area contributed by atoms with Crippen LogP contribution in [0.3, 0.4) is 0 Å². The highest BCUT2D eigenvalue weighted by molar-refractivity contribution is 7.90. The van der Waals surface area contributed by atoms with Gasteiger partial charge in [0.25, 0.3) is 0 Å². The Hall–Kier alpha value is -1.11. The predicted molar refractivity (Wildman–Crippen MR) is 39.4 cm³/mol. The normalized spacial score (nSPS) is 11.8. The molecule has 0 atom stereocenters. The first-order valence-electron chi connectivity index (χ1n) is 3.28. The van der Waals surface area contributed by atoms with Gasteiger partial charge >= 0.3 is 0 Å². The Morgan fingerprint density at radius 2 is 1.50 bits per heavy atom. The molecule has 0 amide bonds. The summed E-state index contributed by atoms with van der Waals surface area (Å²) in [7, 11) is -4.12. The van der Waals surface area contributed by atoms with E-state index in [1.54, 1.807) is 0 Å². The number of rotatable bonds is 1. The van der Waals surface area contributed by atoms with Crippen LogP contribution >= 0.6 is 0 Å². The molecule has 1 aromatic rings. The van der Waals surface area contributed by atoms with Gasteiger partial charge in [0.15, 0.2) is 33.1 Å². The number of sulfone groups is 1. The average Bonchev–Trinajstić information content (AvgIpc) is 2.06. The molecule has 1 aromatic carbocycles. The Morgan fingerprint density at radius 1 is 1.00 bits per heavy atom. The van der Waals surface area contributed by atoms with Gasteiger partial charge in [-0.15, -0.1) is 0 Å². The molecule has 0 aliphatic rings. The summed E-state index contributed by atoms with van der Waals surface area (Å²) >= 11 is 0. The van der Waals surface area contributed by atoms with E-state index in [1.165, 1.54) is 0 Å². The van der Waals surface area contributed by atoms with Gasteiger partial charge in [-0.05, 0) is 6.07 Å². The van der Waals surface area contributed by atoms with Crippen molar-refractivity contribution in [3.05, 3.63) is 29.3 Å². The van der Waals surface area contributed by atoms with Gasteiger partial charge in [-0.2, -0.15) is 0 Å². The van der Waals surface area contributed by atoms with E-state index < -0.39 is 38.0 Å². The van der Waals surface area contributed by atoms with Crippen LogP contribution in [-0.2, 0) is 9.84 Å². The molecule has 0 aliphatic carbocycles. The van der Waals surface area contributed by atoms with Crippen LogP contribution in [0, 0.1) is 23.3 Å². The first-order chi connectivity index (χ1) is 6.25. The van der Waals surface area contributed by atoms with Gasteiger partial charge in [0.05, 0.1) is 0 Å². The zero-order valence-corrected chi connectivity index (χ0v) is 7.63. The molecule has 0 aliphatic heterocycles. The lowest BCUT2D eigenvalue weighted by atomic mass is 10.3. The second-order valence-corrected chi connectivity index (χ2v) is 4.55. The maximum absolute atomic E-state index is 12.8. The summed E-state index contributed by atoms with van der Waals surface area (Å²) in [4.78, 5) is -1.20. The third kappa shape index (κ3) is 1.72. The van der Waals surface area contributed by atoms with Crippen molar-refractivity contribution in [2.75, 3.05) is 6.26 Å². The van der Waals surface area contributed by atoms with Gasteiger partial charge in [0, 0.05) is 6.26 Å². The van der Waals surface area contributed by atoms with Gasteiger partial charge in [-0.1, -0.05) is 0 Å². The number of benzene rings is 1. The smallest absolute Gasteiger partial charge is 0.198 e. The average molecular weight is 228 g/mol. The van der Waals surface area contributed by atoms with Crippen molar-refractivity contribution in [3.8, 4) is 0 Å². The second-order valence-electron chi connectivity index (χ2n) is 2.57. The third-order valence-electron chi connectivity index (χ3n) is 1.47. The lowest BCUT2D eigenvalue weighted by Crippen LogP contribution is -2.06. The van der Waals surface area contributed by atoms with Crippen molar-refractivity contribution >= 4 is 9.84 Å². The summed E-state index contributed by atoms with van der Waals surface area (Å²) in [6, 6.07) is 0.100. The predicted octanol–water partition coefficient (Wildman–Crippen LogP) is 1.65. The fraction of sp³-hybridized carbons (Fsp3) is 0.143. The van der Waals surface area contributed by atoms with Crippen molar-refractivity contribution < 1.29 is 26.0 Å². The lowest BCUT2D eigenvalue weighted by molar-refractivity contribution is 0.396. The molecule has 0 radical (unpaired) electrons. The molecule has 0 heterocycles. The fourth-order valence-corrected chi connectivity index (χ4v) is 1.55. The van der Waals surface area contributed by atoms with E-state index >= 15 is 0 Å². The minimum Gasteiger partial charge on any atom is -0.224 e. The Labute approximate surface area is 77.1 Å². The Balaban J connectivity index is 3.66. The lowest BCUT2D eigenvalue weighted by Gasteiger charge is -2.02. The van der Waals surface area contributed by atoms with Crippen molar-refractivity contribution in [3.63, 3.8) is 0 Å². The van der Waals surface area contributed by atoms with Crippen molar-refractivity contribution in [1.82, 2.24) is 0 Å². The molecule has 0 spiro atoms. The fourth-order valence-electron chi connectivity index (χ4n) is 0.821. The largest absolute Gasteiger partial charge is 0.224 e. The van der Waals surface area contributed by atoms with Crippen LogP contribution in [0.4, 0.5) is 17.6 Å². The van der Waals surface area contributed by atoms with E-state index in [9.17, 15) is 26.0 Å². The van der Waals surface area contributed by atoms with Crippen LogP contribution in [0.1, 0.15) is 0 Å². The van der Waals surface area contributed by atoms with E-state index in [-0.39, 0.29) is 6.07 Å². The van der Waals surface area contributed by atoms with Crippen molar-refractivity contribution in [2.45, 2.75) is 4.90 Å². The SMILES string of the molecule is CS(=O)(=O)c1cc(F)c(F)c(F)c1F. The number of hydrogen-bond acceptors (Lipinski definition) is 2. The zero-order chi connectivity index (χ0) is 11.1. The highest BCUT2D eigenvalue weighted by Gasteiger charge is 2.23. The molecule has 0 unspecified atom stereocenters. The molecular formula is C7H4F4O2S.